The van der Waals surface area contributed by atoms with Crippen LogP contribution in [0.4, 0.5) is 5.82 Å². The molecule has 0 aliphatic heterocycles. The van der Waals surface area contributed by atoms with Crippen LogP contribution in [-0.2, 0) is 18.3 Å². The van der Waals surface area contributed by atoms with E-state index in [1.807, 2.05) is 37.0 Å². The van der Waals surface area contributed by atoms with E-state index in [4.69, 9.17) is 19.3 Å². The van der Waals surface area contributed by atoms with Gasteiger partial charge in [-0.2, -0.15) is 5.10 Å². The fourth-order valence-electron chi connectivity index (χ4n) is 3.74. The van der Waals surface area contributed by atoms with Crippen LogP contribution < -0.4 is 19.5 Å². The van der Waals surface area contributed by atoms with Crippen LogP contribution in [-0.4, -0.2) is 57.7 Å². The molecule has 10 nitrogen and oxygen atoms in total. The van der Waals surface area contributed by atoms with E-state index >= 15 is 0 Å². The highest BCUT2D eigenvalue weighted by atomic mass is 16.5. The summed E-state index contributed by atoms with van der Waals surface area (Å²) in [6.45, 7) is 2.46. The van der Waals surface area contributed by atoms with Crippen LogP contribution in [0.5, 0.6) is 17.2 Å². The Labute approximate surface area is 202 Å². The molecule has 0 spiro atoms. The van der Waals surface area contributed by atoms with Gasteiger partial charge in [-0.25, -0.2) is 14.8 Å². The number of nitrogens with one attached hydrogen (secondary N) is 1. The first kappa shape index (κ1) is 23.8. The molecule has 0 saturated carbocycles. The van der Waals surface area contributed by atoms with Gasteiger partial charge in [0.1, 0.15) is 17.9 Å². The summed E-state index contributed by atoms with van der Waals surface area (Å²) in [6.07, 6.45) is 4.05. The molecule has 0 fully saturated rings. The number of aromatic nitrogens is 4. The molecule has 0 aliphatic carbocycles. The number of ether oxygens (including phenoxy) is 3. The first-order valence-electron chi connectivity index (χ1n) is 11.1. The number of hydrogen-bond donors (Lipinski definition) is 2. The van der Waals surface area contributed by atoms with E-state index in [1.54, 1.807) is 25.3 Å². The number of benzene rings is 2. The molecule has 2 aromatic heterocycles. The van der Waals surface area contributed by atoms with Crippen LogP contribution in [0.15, 0.2) is 48.9 Å². The van der Waals surface area contributed by atoms with Gasteiger partial charge in [-0.1, -0.05) is 0 Å². The predicted octanol–water partition coefficient (Wildman–Crippen LogP) is 3.56. The number of anilines is 1. The zero-order valence-corrected chi connectivity index (χ0v) is 19.8. The normalized spacial score (nSPS) is 10.8. The summed E-state index contributed by atoms with van der Waals surface area (Å²) in [5.41, 5.74) is 3.61. The number of carboxylic acids is 1. The van der Waals surface area contributed by atoms with Crippen molar-refractivity contribution in [3.63, 3.8) is 0 Å². The SMILES string of the molecule is CCOc1cc(-c2cc(NCCc3cc4c(cnn4C)cc3OC)ncn2)ccc1OCC(=O)O. The third-order valence-electron chi connectivity index (χ3n) is 5.41. The topological polar surface area (TPSA) is 121 Å². The molecule has 0 saturated heterocycles. The Hall–Kier alpha value is -4.34. The van der Waals surface area contributed by atoms with Crippen molar-refractivity contribution >= 4 is 22.7 Å². The van der Waals surface area contributed by atoms with Crippen molar-refractivity contribution in [3.05, 3.63) is 54.5 Å². The molecule has 4 aromatic rings. The molecular formula is C25H27N5O5. The van der Waals surface area contributed by atoms with E-state index < -0.39 is 12.6 Å². The summed E-state index contributed by atoms with van der Waals surface area (Å²) >= 11 is 0. The van der Waals surface area contributed by atoms with Crippen molar-refractivity contribution in [2.45, 2.75) is 13.3 Å². The van der Waals surface area contributed by atoms with Crippen molar-refractivity contribution in [2.24, 2.45) is 7.05 Å². The Bertz CT molecular complexity index is 1340. The summed E-state index contributed by atoms with van der Waals surface area (Å²) < 4.78 is 18.4. The number of nitrogens with zero attached hydrogens (tertiary/aromatic N) is 4. The predicted molar refractivity (Wildman–Crippen MR) is 131 cm³/mol. The highest BCUT2D eigenvalue weighted by Crippen LogP contribution is 2.33. The number of aliphatic carboxylic acids is 1. The molecule has 10 heteroatoms. The first-order chi connectivity index (χ1) is 17.0. The van der Waals surface area contributed by atoms with Crippen LogP contribution >= 0.6 is 0 Å². The Kier molecular flexibility index (Phi) is 7.30. The molecule has 0 atom stereocenters. The lowest BCUT2D eigenvalue weighted by molar-refractivity contribution is -0.139. The minimum Gasteiger partial charge on any atom is -0.496 e. The minimum atomic E-state index is -1.05. The third kappa shape index (κ3) is 5.60. The highest BCUT2D eigenvalue weighted by molar-refractivity contribution is 5.81. The molecule has 0 aliphatic rings. The third-order valence-corrected chi connectivity index (χ3v) is 5.41. The van der Waals surface area contributed by atoms with Gasteiger partial charge in [0.2, 0.25) is 0 Å². The molecule has 35 heavy (non-hydrogen) atoms. The Morgan fingerprint density at radius 2 is 1.94 bits per heavy atom. The second-order valence-corrected chi connectivity index (χ2v) is 7.73. The van der Waals surface area contributed by atoms with E-state index in [9.17, 15) is 4.79 Å². The number of aryl methyl sites for hydroxylation is 1. The molecule has 0 unspecified atom stereocenters. The average Bonchev–Trinajstić information content (AvgIpc) is 3.22. The Balaban J connectivity index is 1.48. The van der Waals surface area contributed by atoms with Gasteiger partial charge in [0.15, 0.2) is 18.1 Å². The summed E-state index contributed by atoms with van der Waals surface area (Å²) in [5, 5.41) is 17.6. The molecule has 2 N–H and O–H groups in total. The molecule has 0 amide bonds. The van der Waals surface area contributed by atoms with E-state index in [-0.39, 0.29) is 0 Å². The maximum atomic E-state index is 10.8. The molecule has 4 rings (SSSR count). The van der Waals surface area contributed by atoms with Crippen LogP contribution in [0, 0.1) is 0 Å². The molecule has 182 valence electrons. The van der Waals surface area contributed by atoms with E-state index in [1.165, 1.54) is 6.33 Å². The van der Waals surface area contributed by atoms with E-state index in [0.717, 1.165) is 34.2 Å². The van der Waals surface area contributed by atoms with Gasteiger partial charge in [-0.15, -0.1) is 0 Å². The fourth-order valence-corrected chi connectivity index (χ4v) is 3.74. The van der Waals surface area contributed by atoms with Crippen LogP contribution in [0.25, 0.3) is 22.2 Å². The molecule has 2 heterocycles. The van der Waals surface area contributed by atoms with Crippen LogP contribution in [0.2, 0.25) is 0 Å². The Morgan fingerprint density at radius 1 is 1.09 bits per heavy atom. The monoisotopic (exact) mass is 477 g/mol. The fraction of sp³-hybridized carbons (Fsp3) is 0.280. The van der Waals surface area contributed by atoms with E-state index in [0.29, 0.717) is 36.2 Å². The molecule has 2 aromatic carbocycles. The summed E-state index contributed by atoms with van der Waals surface area (Å²) in [7, 11) is 3.58. The van der Waals surface area contributed by atoms with Gasteiger partial charge < -0.3 is 24.6 Å². The molecular weight excluding hydrogens is 450 g/mol. The maximum absolute atomic E-state index is 10.8. The average molecular weight is 478 g/mol. The van der Waals surface area contributed by atoms with E-state index in [2.05, 4.69) is 26.4 Å². The van der Waals surface area contributed by atoms with Gasteiger partial charge in [0, 0.05) is 30.6 Å². The standard InChI is InChI=1S/C25H27N5O5/c1-4-34-23-10-16(5-6-21(23)35-14-25(31)32)19-12-24(28-15-27-19)26-8-7-17-9-20-18(11-22(17)33-3)13-29-30(20)2/h5-6,9-13,15H,4,7-8,14H2,1-3H3,(H,31,32)(H,26,27,28). The lowest BCUT2D eigenvalue weighted by Gasteiger charge is -2.13. The van der Waals surface area contributed by atoms with Gasteiger partial charge in [0.25, 0.3) is 0 Å². The number of carboxylic acid groups (broad SMARTS) is 1. The van der Waals surface area contributed by atoms with Crippen molar-refractivity contribution in [1.82, 2.24) is 19.7 Å². The number of methoxy groups -OCH3 is 1. The van der Waals surface area contributed by atoms with Gasteiger partial charge >= 0.3 is 5.97 Å². The van der Waals surface area contributed by atoms with Crippen molar-refractivity contribution in [3.8, 4) is 28.5 Å². The highest BCUT2D eigenvalue weighted by Gasteiger charge is 2.12. The van der Waals surface area contributed by atoms with Crippen LogP contribution in [0.3, 0.4) is 0 Å². The zero-order valence-electron chi connectivity index (χ0n) is 19.8. The second-order valence-electron chi connectivity index (χ2n) is 7.73. The maximum Gasteiger partial charge on any atom is 0.341 e. The summed E-state index contributed by atoms with van der Waals surface area (Å²) in [5.74, 6) is 1.27. The first-order valence-corrected chi connectivity index (χ1v) is 11.1. The summed E-state index contributed by atoms with van der Waals surface area (Å²) in [4.78, 5) is 19.5. The minimum absolute atomic E-state index is 0.366. The number of rotatable bonds is 11. The van der Waals surface area contributed by atoms with Crippen molar-refractivity contribution < 1.29 is 24.1 Å². The van der Waals surface area contributed by atoms with Crippen molar-refractivity contribution in [1.29, 1.82) is 0 Å². The number of carbonyl (C=O) groups is 1. The number of hydrogen-bond acceptors (Lipinski definition) is 8. The largest absolute Gasteiger partial charge is 0.496 e. The number of fused-ring (bicyclic) bond motifs is 1. The lowest BCUT2D eigenvalue weighted by atomic mass is 10.1. The van der Waals surface area contributed by atoms with Crippen molar-refractivity contribution in [2.75, 3.05) is 32.2 Å². The smallest absolute Gasteiger partial charge is 0.341 e. The Morgan fingerprint density at radius 3 is 2.71 bits per heavy atom. The second kappa shape index (κ2) is 10.7. The van der Waals surface area contributed by atoms with Gasteiger partial charge in [0.05, 0.1) is 31.1 Å². The van der Waals surface area contributed by atoms with Gasteiger partial charge in [-0.3, -0.25) is 4.68 Å². The summed E-state index contributed by atoms with van der Waals surface area (Å²) in [6, 6.07) is 11.2. The molecule has 0 radical (unpaired) electrons. The zero-order chi connectivity index (χ0) is 24.8. The van der Waals surface area contributed by atoms with Gasteiger partial charge in [-0.05, 0) is 49.2 Å². The quantitative estimate of drug-likeness (QED) is 0.334. The molecule has 0 bridgehead atoms. The van der Waals surface area contributed by atoms with Crippen LogP contribution in [0.1, 0.15) is 12.5 Å². The lowest BCUT2D eigenvalue weighted by Crippen LogP contribution is -2.10.